The van der Waals surface area contributed by atoms with Gasteiger partial charge in [-0.15, -0.1) is 0 Å². The second-order valence-electron chi connectivity index (χ2n) is 3.65. The highest BCUT2D eigenvalue weighted by molar-refractivity contribution is 9.08. The number of para-hydroxylation sites is 1. The van der Waals surface area contributed by atoms with Crippen LogP contribution in [0.4, 0.5) is 5.69 Å². The van der Waals surface area contributed by atoms with Gasteiger partial charge in [-0.3, -0.25) is 4.79 Å². The molecule has 1 amide bonds. The van der Waals surface area contributed by atoms with Gasteiger partial charge in [-0.25, -0.2) is 0 Å². The van der Waals surface area contributed by atoms with Crippen molar-refractivity contribution in [2.45, 2.75) is 11.8 Å². The van der Waals surface area contributed by atoms with Crippen LogP contribution >= 0.6 is 27.3 Å². The van der Waals surface area contributed by atoms with Crippen molar-refractivity contribution in [3.05, 3.63) is 52.2 Å². The summed E-state index contributed by atoms with van der Waals surface area (Å²) in [4.78, 5) is 11.8. The van der Waals surface area contributed by atoms with Crippen LogP contribution in [0.25, 0.3) is 0 Å². The van der Waals surface area contributed by atoms with Crippen LogP contribution < -0.4 is 5.32 Å². The Morgan fingerprint density at radius 2 is 2.12 bits per heavy atom. The van der Waals surface area contributed by atoms with E-state index < -0.39 is 0 Å². The predicted octanol–water partition coefficient (Wildman–Crippen LogP) is 3.82. The lowest BCUT2D eigenvalue weighted by Gasteiger charge is -2.08. The Kier molecular flexibility index (Phi) is 4.34. The number of halogens is 1. The van der Waals surface area contributed by atoms with E-state index in [9.17, 15) is 4.79 Å². The van der Waals surface area contributed by atoms with Crippen LogP contribution in [0.5, 0.6) is 0 Å². The Morgan fingerprint density at radius 3 is 2.82 bits per heavy atom. The van der Waals surface area contributed by atoms with Crippen molar-refractivity contribution in [1.29, 1.82) is 0 Å². The molecule has 0 atom stereocenters. The van der Waals surface area contributed by atoms with Crippen LogP contribution in [0.3, 0.4) is 0 Å². The third kappa shape index (κ3) is 3.41. The number of anilines is 1. The van der Waals surface area contributed by atoms with E-state index in [1.165, 1.54) is 0 Å². The molecule has 0 spiro atoms. The minimum absolute atomic E-state index is 0.0248. The fourth-order valence-electron chi connectivity index (χ4n) is 1.53. The molecule has 0 aliphatic heterocycles. The fourth-order valence-corrected chi connectivity index (χ4v) is 2.69. The van der Waals surface area contributed by atoms with E-state index in [-0.39, 0.29) is 5.91 Å². The molecule has 2 rings (SSSR count). The average molecular weight is 310 g/mol. The molecule has 88 valence electrons. The summed E-state index contributed by atoms with van der Waals surface area (Å²) >= 11 is 5.02. The predicted molar refractivity (Wildman–Crippen MR) is 75.7 cm³/mol. The zero-order chi connectivity index (χ0) is 12.1. The van der Waals surface area contributed by atoms with Crippen molar-refractivity contribution in [2.75, 3.05) is 5.32 Å². The van der Waals surface area contributed by atoms with Gasteiger partial charge in [-0.1, -0.05) is 34.1 Å². The van der Waals surface area contributed by atoms with E-state index in [2.05, 4.69) is 21.2 Å². The lowest BCUT2D eigenvalue weighted by Crippen LogP contribution is -2.14. The third-order valence-corrected chi connectivity index (χ3v) is 3.72. The molecule has 17 heavy (non-hydrogen) atoms. The second kappa shape index (κ2) is 5.98. The molecule has 0 bridgehead atoms. The van der Waals surface area contributed by atoms with E-state index in [4.69, 9.17) is 0 Å². The molecule has 1 N–H and O–H groups in total. The van der Waals surface area contributed by atoms with E-state index in [1.807, 2.05) is 41.1 Å². The SMILES string of the molecule is O=C(Cc1ccsc1)Nc1ccccc1CBr. The molecule has 1 heterocycles. The van der Waals surface area contributed by atoms with Crippen molar-refractivity contribution in [2.24, 2.45) is 0 Å². The Balaban J connectivity index is 2.03. The molecule has 2 aromatic rings. The van der Waals surface area contributed by atoms with Crippen LogP contribution in [-0.2, 0) is 16.5 Å². The van der Waals surface area contributed by atoms with Gasteiger partial charge in [0.15, 0.2) is 0 Å². The standard InChI is InChI=1S/C13H12BrNOS/c14-8-11-3-1-2-4-12(11)15-13(16)7-10-5-6-17-9-10/h1-6,9H,7-8H2,(H,15,16). The summed E-state index contributed by atoms with van der Waals surface area (Å²) in [5, 5.41) is 7.65. The molecule has 0 aliphatic carbocycles. The lowest BCUT2D eigenvalue weighted by atomic mass is 10.2. The molecular formula is C13H12BrNOS. The summed E-state index contributed by atoms with van der Waals surface area (Å²) in [6.07, 6.45) is 0.431. The maximum atomic E-state index is 11.8. The summed E-state index contributed by atoms with van der Waals surface area (Å²) in [7, 11) is 0. The van der Waals surface area contributed by atoms with Gasteiger partial charge >= 0.3 is 0 Å². The fraction of sp³-hybridized carbons (Fsp3) is 0.154. The molecule has 1 aromatic carbocycles. The van der Waals surface area contributed by atoms with Crippen LogP contribution in [0.15, 0.2) is 41.1 Å². The summed E-state index contributed by atoms with van der Waals surface area (Å²) < 4.78 is 0. The van der Waals surface area contributed by atoms with Gasteiger partial charge in [-0.2, -0.15) is 11.3 Å². The number of rotatable bonds is 4. The second-order valence-corrected chi connectivity index (χ2v) is 4.99. The summed E-state index contributed by atoms with van der Waals surface area (Å²) in [5.41, 5.74) is 3.03. The van der Waals surface area contributed by atoms with Gasteiger partial charge in [0.25, 0.3) is 0 Å². The zero-order valence-electron chi connectivity index (χ0n) is 9.15. The van der Waals surface area contributed by atoms with E-state index in [0.29, 0.717) is 6.42 Å². The van der Waals surface area contributed by atoms with E-state index >= 15 is 0 Å². The van der Waals surface area contributed by atoms with Crippen LogP contribution in [0.2, 0.25) is 0 Å². The number of alkyl halides is 1. The van der Waals surface area contributed by atoms with Crippen LogP contribution in [0.1, 0.15) is 11.1 Å². The molecule has 0 radical (unpaired) electrons. The maximum Gasteiger partial charge on any atom is 0.228 e. The summed E-state index contributed by atoms with van der Waals surface area (Å²) in [5.74, 6) is 0.0248. The van der Waals surface area contributed by atoms with Crippen LogP contribution in [-0.4, -0.2) is 5.91 Å². The Morgan fingerprint density at radius 1 is 1.29 bits per heavy atom. The topological polar surface area (TPSA) is 29.1 Å². The van der Waals surface area contributed by atoms with Crippen molar-refractivity contribution < 1.29 is 4.79 Å². The molecule has 0 saturated carbocycles. The molecule has 2 nitrogen and oxygen atoms in total. The molecule has 0 unspecified atom stereocenters. The number of benzene rings is 1. The molecule has 4 heteroatoms. The van der Waals surface area contributed by atoms with E-state index in [1.54, 1.807) is 11.3 Å². The number of hydrogen-bond donors (Lipinski definition) is 1. The minimum Gasteiger partial charge on any atom is -0.326 e. The smallest absolute Gasteiger partial charge is 0.228 e. The molecule has 0 saturated heterocycles. The highest BCUT2D eigenvalue weighted by Crippen LogP contribution is 2.18. The minimum atomic E-state index is 0.0248. The molecular weight excluding hydrogens is 298 g/mol. The highest BCUT2D eigenvalue weighted by Gasteiger charge is 2.06. The van der Waals surface area contributed by atoms with Gasteiger partial charge < -0.3 is 5.32 Å². The number of nitrogens with one attached hydrogen (secondary N) is 1. The Labute approximate surface area is 113 Å². The molecule has 0 fully saturated rings. The molecule has 1 aromatic heterocycles. The normalized spacial score (nSPS) is 10.2. The summed E-state index contributed by atoms with van der Waals surface area (Å²) in [6.45, 7) is 0. The van der Waals surface area contributed by atoms with Crippen LogP contribution in [0, 0.1) is 0 Å². The van der Waals surface area contributed by atoms with E-state index in [0.717, 1.165) is 22.1 Å². The zero-order valence-corrected chi connectivity index (χ0v) is 11.6. The summed E-state index contributed by atoms with van der Waals surface area (Å²) in [6, 6.07) is 9.77. The van der Waals surface area contributed by atoms with Crippen molar-refractivity contribution >= 4 is 38.9 Å². The van der Waals surface area contributed by atoms with Gasteiger partial charge in [0.1, 0.15) is 0 Å². The van der Waals surface area contributed by atoms with Gasteiger partial charge in [0.05, 0.1) is 6.42 Å². The maximum absolute atomic E-state index is 11.8. The first kappa shape index (κ1) is 12.3. The first-order chi connectivity index (χ1) is 8.29. The largest absolute Gasteiger partial charge is 0.326 e. The van der Waals surface area contributed by atoms with Gasteiger partial charge in [0, 0.05) is 11.0 Å². The first-order valence-electron chi connectivity index (χ1n) is 5.24. The van der Waals surface area contributed by atoms with Crippen molar-refractivity contribution in [1.82, 2.24) is 0 Å². The van der Waals surface area contributed by atoms with Gasteiger partial charge in [-0.05, 0) is 34.0 Å². The highest BCUT2D eigenvalue weighted by atomic mass is 79.9. The van der Waals surface area contributed by atoms with Crippen molar-refractivity contribution in [3.63, 3.8) is 0 Å². The number of amides is 1. The molecule has 0 aliphatic rings. The average Bonchev–Trinajstić information content (AvgIpc) is 2.82. The quantitative estimate of drug-likeness (QED) is 0.855. The Bertz CT molecular complexity index is 496. The number of carbonyl (C=O) groups excluding carboxylic acids is 1. The number of hydrogen-bond acceptors (Lipinski definition) is 2. The van der Waals surface area contributed by atoms with Crippen molar-refractivity contribution in [3.8, 4) is 0 Å². The third-order valence-electron chi connectivity index (χ3n) is 2.38. The van der Waals surface area contributed by atoms with Gasteiger partial charge in [0.2, 0.25) is 5.91 Å². The monoisotopic (exact) mass is 309 g/mol. The lowest BCUT2D eigenvalue weighted by molar-refractivity contribution is -0.115. The number of thiophene rings is 1. The Hall–Kier alpha value is -1.13. The number of carbonyl (C=O) groups is 1. The first-order valence-corrected chi connectivity index (χ1v) is 7.31.